The first-order valence-electron chi connectivity index (χ1n) is 5.93. The zero-order valence-corrected chi connectivity index (χ0v) is 16.8. The van der Waals surface area contributed by atoms with E-state index in [0.717, 1.165) is 5.69 Å². The number of carboxylic acids is 2. The second-order valence-corrected chi connectivity index (χ2v) is 4.08. The van der Waals surface area contributed by atoms with E-state index in [-0.39, 0.29) is 71.1 Å². The Labute approximate surface area is 172 Å². The van der Waals surface area contributed by atoms with Crippen molar-refractivity contribution in [2.24, 2.45) is 0 Å². The van der Waals surface area contributed by atoms with Crippen molar-refractivity contribution in [2.75, 3.05) is 12.4 Å². The third kappa shape index (κ3) is 8.17. The molecule has 22 heavy (non-hydrogen) atoms. The molecule has 1 atom stereocenters. The maximum atomic E-state index is 11.8. The molecule has 108 valence electrons. The van der Waals surface area contributed by atoms with Gasteiger partial charge in [-0.25, -0.2) is 0 Å². The van der Waals surface area contributed by atoms with Gasteiger partial charge in [-0.3, -0.25) is 4.79 Å². The average molecular weight is 324 g/mol. The summed E-state index contributed by atoms with van der Waals surface area (Å²) >= 11 is 0. The molecule has 0 unspecified atom stereocenters. The number of benzene rings is 1. The first-order valence-corrected chi connectivity index (χ1v) is 5.93. The maximum absolute atomic E-state index is 11.8. The van der Waals surface area contributed by atoms with Crippen LogP contribution in [0.4, 0.5) is 5.69 Å². The summed E-state index contributed by atoms with van der Waals surface area (Å²) in [5.74, 6) is -3.53. The molecule has 2 N–H and O–H groups in total. The van der Waals surface area contributed by atoms with Gasteiger partial charge >= 0.3 is 59.1 Å². The number of rotatable bonds is 7. The summed E-state index contributed by atoms with van der Waals surface area (Å²) in [6.07, 6.45) is -0.761. The smallest absolute Gasteiger partial charge is 0.550 e. The van der Waals surface area contributed by atoms with Gasteiger partial charge in [-0.1, -0.05) is 0 Å². The Morgan fingerprint density at radius 1 is 1.09 bits per heavy atom. The molecule has 0 aliphatic rings. The van der Waals surface area contributed by atoms with Crippen LogP contribution >= 0.6 is 0 Å². The zero-order valence-electron chi connectivity index (χ0n) is 12.8. The number of anilines is 1. The fraction of sp³-hybridized carbons (Fsp3) is 0.308. The fourth-order valence-corrected chi connectivity index (χ4v) is 1.54. The molecule has 9 heteroatoms. The van der Waals surface area contributed by atoms with Crippen molar-refractivity contribution >= 4 is 23.5 Å². The SMILES string of the molecule is CNc1ccc(C(=O)N[C@H](CCC(=O)[O-])C(=O)[O-])cc1.[Na+].[Na+]. The third-order valence-corrected chi connectivity index (χ3v) is 2.66. The molecule has 0 aliphatic heterocycles. The molecule has 0 saturated carbocycles. The van der Waals surface area contributed by atoms with Crippen molar-refractivity contribution in [3.63, 3.8) is 0 Å². The number of nitrogens with one attached hydrogen (secondary N) is 2. The number of carboxylic acid groups (broad SMARTS) is 2. The average Bonchev–Trinajstić information content (AvgIpc) is 2.42. The summed E-state index contributed by atoms with van der Waals surface area (Å²) in [6.45, 7) is 0. The van der Waals surface area contributed by atoms with Gasteiger partial charge in [0.25, 0.3) is 5.91 Å². The molecule has 1 aromatic carbocycles. The second-order valence-electron chi connectivity index (χ2n) is 4.08. The van der Waals surface area contributed by atoms with Crippen molar-refractivity contribution in [1.29, 1.82) is 0 Å². The summed E-state index contributed by atoms with van der Waals surface area (Å²) in [6, 6.07) is 4.98. The van der Waals surface area contributed by atoms with Crippen LogP contribution < -0.4 is 80.0 Å². The van der Waals surface area contributed by atoms with Gasteiger partial charge in [0.1, 0.15) is 0 Å². The fourth-order valence-electron chi connectivity index (χ4n) is 1.54. The van der Waals surface area contributed by atoms with Crippen molar-refractivity contribution < 1.29 is 83.7 Å². The number of carbonyl (C=O) groups excluding carboxylic acids is 3. The minimum Gasteiger partial charge on any atom is -0.550 e. The standard InChI is InChI=1S/C13H16N2O5.2Na/c1-14-9-4-2-8(3-5-9)12(18)15-10(13(19)20)6-7-11(16)17;;/h2-5,10,14H,6-7H2,1H3,(H,15,18)(H,16,17)(H,19,20);;/q;2*+1/p-2/t10-;;/m1../s1. The molecule has 0 aliphatic carbocycles. The van der Waals surface area contributed by atoms with Crippen LogP contribution in [0.3, 0.4) is 0 Å². The Hall–Kier alpha value is -0.570. The zero-order chi connectivity index (χ0) is 15.1. The Balaban J connectivity index is 0. The van der Waals surface area contributed by atoms with Crippen molar-refractivity contribution in [2.45, 2.75) is 18.9 Å². The number of carbonyl (C=O) groups is 3. The molecule has 0 saturated heterocycles. The Bertz CT molecular complexity index is 508. The Morgan fingerprint density at radius 3 is 2.05 bits per heavy atom. The van der Waals surface area contributed by atoms with Crippen LogP contribution in [0, 0.1) is 0 Å². The van der Waals surface area contributed by atoms with Crippen LogP contribution in [0.15, 0.2) is 24.3 Å². The molecule has 0 bridgehead atoms. The molecule has 0 spiro atoms. The Kier molecular flexibility index (Phi) is 12.8. The molecule has 7 nitrogen and oxygen atoms in total. The van der Waals surface area contributed by atoms with Gasteiger partial charge in [-0.05, 0) is 37.1 Å². The van der Waals surface area contributed by atoms with Gasteiger partial charge in [0.15, 0.2) is 0 Å². The number of aliphatic carboxylic acids is 2. The number of hydrogen-bond donors (Lipinski definition) is 2. The van der Waals surface area contributed by atoms with Crippen LogP contribution in [-0.4, -0.2) is 30.9 Å². The van der Waals surface area contributed by atoms with E-state index in [2.05, 4.69) is 10.6 Å². The summed E-state index contributed by atoms with van der Waals surface area (Å²) in [5.41, 5.74) is 1.07. The van der Waals surface area contributed by atoms with Crippen LogP contribution in [0.2, 0.25) is 0 Å². The quantitative estimate of drug-likeness (QED) is 0.481. The van der Waals surface area contributed by atoms with Gasteiger partial charge in [-0.15, -0.1) is 0 Å². The maximum Gasteiger partial charge on any atom is 1.00 e. The molecule has 0 heterocycles. The molecular formula is C13H14N2Na2O5. The van der Waals surface area contributed by atoms with E-state index in [0.29, 0.717) is 0 Å². The van der Waals surface area contributed by atoms with Gasteiger partial charge in [0.05, 0.1) is 12.0 Å². The van der Waals surface area contributed by atoms with Crippen molar-refractivity contribution in [3.8, 4) is 0 Å². The largest absolute Gasteiger partial charge is 1.00 e. The van der Waals surface area contributed by atoms with E-state index >= 15 is 0 Å². The topological polar surface area (TPSA) is 121 Å². The van der Waals surface area contributed by atoms with E-state index in [9.17, 15) is 24.6 Å². The molecule has 0 fully saturated rings. The van der Waals surface area contributed by atoms with Crippen molar-refractivity contribution in [1.82, 2.24) is 5.32 Å². The van der Waals surface area contributed by atoms with E-state index in [4.69, 9.17) is 0 Å². The first kappa shape index (κ1) is 23.7. The summed E-state index contributed by atoms with van der Waals surface area (Å²) in [4.78, 5) is 33.0. The summed E-state index contributed by atoms with van der Waals surface area (Å²) in [7, 11) is 1.72. The van der Waals surface area contributed by atoms with E-state index in [1.165, 1.54) is 12.1 Å². The molecule has 1 amide bonds. The van der Waals surface area contributed by atoms with Gasteiger partial charge in [0.2, 0.25) is 0 Å². The first-order chi connectivity index (χ1) is 9.43. The normalized spacial score (nSPS) is 10.4. The molecule has 0 aromatic heterocycles. The molecular weight excluding hydrogens is 310 g/mol. The summed E-state index contributed by atoms with van der Waals surface area (Å²) in [5, 5.41) is 26.2. The predicted octanol–water partition coefficient (Wildman–Crippen LogP) is -7.89. The Morgan fingerprint density at radius 2 is 1.64 bits per heavy atom. The number of amides is 1. The second kappa shape index (κ2) is 11.9. The van der Waals surface area contributed by atoms with Crippen LogP contribution in [0.5, 0.6) is 0 Å². The summed E-state index contributed by atoms with van der Waals surface area (Å²) < 4.78 is 0. The third-order valence-electron chi connectivity index (χ3n) is 2.66. The minimum absolute atomic E-state index is 0. The van der Waals surface area contributed by atoms with Crippen LogP contribution in [-0.2, 0) is 9.59 Å². The molecule has 1 aromatic rings. The van der Waals surface area contributed by atoms with E-state index in [1.807, 2.05) is 0 Å². The molecule has 1 rings (SSSR count). The van der Waals surface area contributed by atoms with Gasteiger partial charge in [0, 0.05) is 24.3 Å². The van der Waals surface area contributed by atoms with E-state index in [1.54, 1.807) is 19.2 Å². The monoisotopic (exact) mass is 324 g/mol. The van der Waals surface area contributed by atoms with Crippen LogP contribution in [0.25, 0.3) is 0 Å². The predicted molar refractivity (Wildman–Crippen MR) is 66.5 cm³/mol. The minimum atomic E-state index is -1.54. The number of hydrogen-bond acceptors (Lipinski definition) is 6. The van der Waals surface area contributed by atoms with Crippen molar-refractivity contribution in [3.05, 3.63) is 29.8 Å². The van der Waals surface area contributed by atoms with Gasteiger partial charge < -0.3 is 30.4 Å². The van der Waals surface area contributed by atoms with Crippen LogP contribution in [0.1, 0.15) is 23.2 Å². The van der Waals surface area contributed by atoms with E-state index < -0.39 is 30.3 Å². The molecule has 0 radical (unpaired) electrons. The van der Waals surface area contributed by atoms with Gasteiger partial charge in [-0.2, -0.15) is 0 Å².